The Morgan fingerprint density at radius 2 is 2.00 bits per heavy atom. The molecule has 154 valence electrons. The van der Waals surface area contributed by atoms with Gasteiger partial charge >= 0.3 is 0 Å². The van der Waals surface area contributed by atoms with Gasteiger partial charge in [0.05, 0.1) is 12.5 Å². The van der Waals surface area contributed by atoms with Crippen LogP contribution in [0, 0.1) is 5.92 Å². The fourth-order valence-corrected chi connectivity index (χ4v) is 4.49. The molecular weight excluding hydrogens is 396 g/mol. The fourth-order valence-electron chi connectivity index (χ4n) is 4.21. The molecule has 1 N–H and O–H groups in total. The standard InChI is InChI=1S/C21H24ClF2N5/c1-13(17-8-15(20(23)24)4-7-18(17)22)28-16-5-2-14(3-6-16)10-29-12-27-19-9-25-11-26-21(19)29/h4,7-9,11-14,16,20,28H,2-3,5-6,10H2,1H3. The average molecular weight is 420 g/mol. The van der Waals surface area contributed by atoms with Crippen molar-refractivity contribution in [3.63, 3.8) is 0 Å². The molecule has 0 radical (unpaired) electrons. The molecule has 0 bridgehead atoms. The second-order valence-corrected chi connectivity index (χ2v) is 8.22. The second kappa shape index (κ2) is 8.71. The summed E-state index contributed by atoms with van der Waals surface area (Å²) in [6.45, 7) is 2.89. The number of benzene rings is 1. The van der Waals surface area contributed by atoms with E-state index in [2.05, 4.69) is 24.8 Å². The molecule has 2 heterocycles. The third-order valence-corrected chi connectivity index (χ3v) is 6.15. The van der Waals surface area contributed by atoms with Crippen LogP contribution in [0.5, 0.6) is 0 Å². The molecular formula is C21H24ClF2N5. The van der Waals surface area contributed by atoms with Gasteiger partial charge in [0.15, 0.2) is 5.65 Å². The van der Waals surface area contributed by atoms with Gasteiger partial charge in [-0.05, 0) is 56.2 Å². The number of aromatic nitrogens is 4. The first-order chi connectivity index (χ1) is 14.0. The molecule has 0 amide bonds. The van der Waals surface area contributed by atoms with Gasteiger partial charge in [-0.3, -0.25) is 0 Å². The van der Waals surface area contributed by atoms with E-state index in [1.54, 1.807) is 18.6 Å². The van der Waals surface area contributed by atoms with Gasteiger partial charge in [-0.2, -0.15) is 0 Å². The first-order valence-corrected chi connectivity index (χ1v) is 10.3. The summed E-state index contributed by atoms with van der Waals surface area (Å²) in [4.78, 5) is 12.7. The predicted molar refractivity (Wildman–Crippen MR) is 109 cm³/mol. The topological polar surface area (TPSA) is 55.6 Å². The minimum Gasteiger partial charge on any atom is -0.315 e. The Bertz CT molecular complexity index is 969. The highest BCUT2D eigenvalue weighted by molar-refractivity contribution is 6.31. The van der Waals surface area contributed by atoms with Crippen LogP contribution in [0.15, 0.2) is 37.1 Å². The van der Waals surface area contributed by atoms with Gasteiger partial charge in [0, 0.05) is 29.2 Å². The third kappa shape index (κ3) is 4.56. The van der Waals surface area contributed by atoms with E-state index in [4.69, 9.17) is 11.6 Å². The lowest BCUT2D eigenvalue weighted by molar-refractivity contribution is 0.151. The summed E-state index contributed by atoms with van der Waals surface area (Å²) in [5.41, 5.74) is 2.44. The number of rotatable bonds is 6. The third-order valence-electron chi connectivity index (χ3n) is 5.81. The van der Waals surface area contributed by atoms with Gasteiger partial charge in [0.1, 0.15) is 11.8 Å². The SMILES string of the molecule is CC(NC1CCC(Cn2cnc3cncnc32)CC1)c1cc(C(F)F)ccc1Cl. The Morgan fingerprint density at radius 1 is 1.21 bits per heavy atom. The van der Waals surface area contributed by atoms with Crippen LogP contribution in [0.3, 0.4) is 0 Å². The summed E-state index contributed by atoms with van der Waals surface area (Å²) in [6.07, 6.45) is 6.92. The maximum atomic E-state index is 13.0. The largest absolute Gasteiger partial charge is 0.315 e. The molecule has 2 aromatic heterocycles. The zero-order valence-electron chi connectivity index (χ0n) is 16.2. The zero-order valence-corrected chi connectivity index (χ0v) is 17.0. The van der Waals surface area contributed by atoms with Crippen molar-refractivity contribution in [3.8, 4) is 0 Å². The van der Waals surface area contributed by atoms with Crippen LogP contribution < -0.4 is 5.32 Å². The molecule has 1 atom stereocenters. The van der Waals surface area contributed by atoms with Crippen LogP contribution in [0.4, 0.5) is 8.78 Å². The Balaban J connectivity index is 1.33. The fraction of sp³-hybridized carbons (Fsp3) is 0.476. The molecule has 1 saturated carbocycles. The molecule has 1 fully saturated rings. The normalized spacial score (nSPS) is 21.0. The van der Waals surface area contributed by atoms with Crippen molar-refractivity contribution < 1.29 is 8.78 Å². The number of imidazole rings is 1. The van der Waals surface area contributed by atoms with Crippen LogP contribution in [0.1, 0.15) is 56.2 Å². The molecule has 29 heavy (non-hydrogen) atoms. The summed E-state index contributed by atoms with van der Waals surface area (Å²) in [6, 6.07) is 4.75. The second-order valence-electron chi connectivity index (χ2n) is 7.82. The first-order valence-electron chi connectivity index (χ1n) is 9.95. The highest BCUT2D eigenvalue weighted by Crippen LogP contribution is 2.31. The summed E-state index contributed by atoms with van der Waals surface area (Å²) < 4.78 is 28.1. The lowest BCUT2D eigenvalue weighted by Crippen LogP contribution is -2.35. The number of halogens is 3. The molecule has 8 heteroatoms. The van der Waals surface area contributed by atoms with E-state index >= 15 is 0 Å². The Morgan fingerprint density at radius 3 is 2.76 bits per heavy atom. The predicted octanol–water partition coefficient (Wildman–Crippen LogP) is 5.33. The Kier molecular flexibility index (Phi) is 6.06. The van der Waals surface area contributed by atoms with Crippen molar-refractivity contribution in [2.24, 2.45) is 5.92 Å². The van der Waals surface area contributed by atoms with Crippen LogP contribution in [-0.2, 0) is 6.54 Å². The highest BCUT2D eigenvalue weighted by atomic mass is 35.5. The van der Waals surface area contributed by atoms with Crippen LogP contribution in [0.25, 0.3) is 11.2 Å². The van der Waals surface area contributed by atoms with Crippen LogP contribution in [-0.4, -0.2) is 25.6 Å². The van der Waals surface area contributed by atoms with Gasteiger partial charge in [0.2, 0.25) is 0 Å². The van der Waals surface area contributed by atoms with Crippen molar-refractivity contribution in [1.82, 2.24) is 24.8 Å². The minimum atomic E-state index is -2.49. The first kappa shape index (κ1) is 20.2. The smallest absolute Gasteiger partial charge is 0.263 e. The summed E-state index contributed by atoms with van der Waals surface area (Å²) in [5, 5.41) is 4.11. The molecule has 3 aromatic rings. The maximum Gasteiger partial charge on any atom is 0.263 e. The average Bonchev–Trinajstić information content (AvgIpc) is 3.12. The molecule has 1 aliphatic rings. The highest BCUT2D eigenvalue weighted by Gasteiger charge is 2.24. The number of hydrogen-bond donors (Lipinski definition) is 1. The number of fused-ring (bicyclic) bond motifs is 1. The van der Waals surface area contributed by atoms with E-state index in [-0.39, 0.29) is 11.6 Å². The summed E-state index contributed by atoms with van der Waals surface area (Å²) >= 11 is 6.26. The lowest BCUT2D eigenvalue weighted by Gasteiger charge is -2.32. The molecule has 0 saturated heterocycles. The number of alkyl halides is 2. The van der Waals surface area contributed by atoms with Gasteiger partial charge in [-0.15, -0.1) is 0 Å². The van der Waals surface area contributed by atoms with E-state index in [1.165, 1.54) is 12.1 Å². The molecule has 1 aliphatic carbocycles. The van der Waals surface area contributed by atoms with E-state index < -0.39 is 6.43 Å². The summed E-state index contributed by atoms with van der Waals surface area (Å²) in [5.74, 6) is 0.571. The van der Waals surface area contributed by atoms with Crippen molar-refractivity contribution >= 4 is 22.8 Å². The summed E-state index contributed by atoms with van der Waals surface area (Å²) in [7, 11) is 0. The number of nitrogens with one attached hydrogen (secondary N) is 1. The van der Waals surface area contributed by atoms with E-state index in [0.717, 1.165) is 49.0 Å². The van der Waals surface area contributed by atoms with Crippen molar-refractivity contribution in [2.45, 2.75) is 57.7 Å². The zero-order chi connectivity index (χ0) is 20.4. The molecule has 4 rings (SSSR count). The van der Waals surface area contributed by atoms with E-state index in [0.29, 0.717) is 17.0 Å². The number of nitrogens with zero attached hydrogens (tertiary/aromatic N) is 4. The van der Waals surface area contributed by atoms with Gasteiger partial charge < -0.3 is 9.88 Å². The molecule has 1 aromatic carbocycles. The lowest BCUT2D eigenvalue weighted by atomic mass is 9.85. The van der Waals surface area contributed by atoms with E-state index in [9.17, 15) is 8.78 Å². The molecule has 0 aliphatic heterocycles. The van der Waals surface area contributed by atoms with Crippen molar-refractivity contribution in [3.05, 3.63) is 53.2 Å². The maximum absolute atomic E-state index is 13.0. The minimum absolute atomic E-state index is 0.0122. The molecule has 1 unspecified atom stereocenters. The monoisotopic (exact) mass is 419 g/mol. The molecule has 5 nitrogen and oxygen atoms in total. The quantitative estimate of drug-likeness (QED) is 0.587. The van der Waals surface area contributed by atoms with Crippen LogP contribution >= 0.6 is 11.6 Å². The number of hydrogen-bond acceptors (Lipinski definition) is 4. The van der Waals surface area contributed by atoms with Crippen LogP contribution in [0.2, 0.25) is 5.02 Å². The molecule has 0 spiro atoms. The van der Waals surface area contributed by atoms with Crippen molar-refractivity contribution in [2.75, 3.05) is 0 Å². The van der Waals surface area contributed by atoms with E-state index in [1.807, 2.05) is 13.3 Å². The van der Waals surface area contributed by atoms with Gasteiger partial charge in [-0.25, -0.2) is 23.7 Å². The van der Waals surface area contributed by atoms with Gasteiger partial charge in [0.25, 0.3) is 6.43 Å². The van der Waals surface area contributed by atoms with Gasteiger partial charge in [-0.1, -0.05) is 17.7 Å². The van der Waals surface area contributed by atoms with Crippen molar-refractivity contribution in [1.29, 1.82) is 0 Å². The Hall–Kier alpha value is -2.12. The Labute approximate surface area is 173 Å².